The Morgan fingerprint density at radius 2 is 1.50 bits per heavy atom. The Hall–Kier alpha value is -3.15. The first kappa shape index (κ1) is 16.3. The van der Waals surface area contributed by atoms with E-state index < -0.39 is 11.7 Å². The van der Waals surface area contributed by atoms with Crippen LogP contribution in [0, 0.1) is 6.92 Å². The molecule has 0 amide bonds. The molecule has 4 rings (SSSR count). The first-order valence-electron chi connectivity index (χ1n) is 8.03. The van der Waals surface area contributed by atoms with Gasteiger partial charge in [-0.25, -0.2) is 9.67 Å². The van der Waals surface area contributed by atoms with Crippen LogP contribution in [0.15, 0.2) is 66.7 Å². The normalized spacial score (nSPS) is 11.8. The van der Waals surface area contributed by atoms with Gasteiger partial charge < -0.3 is 0 Å². The van der Waals surface area contributed by atoms with Gasteiger partial charge in [-0.1, -0.05) is 48.5 Å². The Morgan fingerprint density at radius 1 is 0.885 bits per heavy atom. The zero-order valence-electron chi connectivity index (χ0n) is 13.8. The van der Waals surface area contributed by atoms with Gasteiger partial charge in [0.25, 0.3) is 0 Å². The van der Waals surface area contributed by atoms with E-state index in [2.05, 4.69) is 10.1 Å². The second-order valence-electron chi connectivity index (χ2n) is 5.95. The molecule has 3 nitrogen and oxygen atoms in total. The molecule has 0 N–H and O–H groups in total. The molecule has 0 saturated heterocycles. The molecule has 130 valence electrons. The minimum atomic E-state index is -4.50. The molecule has 0 spiro atoms. The van der Waals surface area contributed by atoms with Crippen LogP contribution in [0.25, 0.3) is 28.0 Å². The highest BCUT2D eigenvalue weighted by Gasteiger charge is 2.35. The van der Waals surface area contributed by atoms with Crippen LogP contribution in [-0.4, -0.2) is 14.8 Å². The van der Waals surface area contributed by atoms with E-state index in [1.807, 2.05) is 24.3 Å². The van der Waals surface area contributed by atoms with E-state index in [-0.39, 0.29) is 16.7 Å². The smallest absolute Gasteiger partial charge is 0.228 e. The minimum Gasteiger partial charge on any atom is -0.228 e. The van der Waals surface area contributed by atoms with Crippen molar-refractivity contribution in [3.8, 4) is 16.9 Å². The van der Waals surface area contributed by atoms with Crippen molar-refractivity contribution >= 4 is 11.0 Å². The lowest BCUT2D eigenvalue weighted by Gasteiger charge is -2.11. The van der Waals surface area contributed by atoms with Gasteiger partial charge in [-0.2, -0.15) is 18.3 Å². The lowest BCUT2D eigenvalue weighted by atomic mass is 10.1. The lowest BCUT2D eigenvalue weighted by molar-refractivity contribution is -0.136. The molecule has 0 radical (unpaired) electrons. The molecule has 0 unspecified atom stereocenters. The zero-order chi connectivity index (χ0) is 18.3. The molecule has 0 fully saturated rings. The Kier molecular flexibility index (Phi) is 3.76. The van der Waals surface area contributed by atoms with Gasteiger partial charge in [-0.15, -0.1) is 0 Å². The third kappa shape index (κ3) is 2.73. The number of alkyl halides is 3. The first-order valence-corrected chi connectivity index (χ1v) is 8.03. The quantitative estimate of drug-likeness (QED) is 0.482. The van der Waals surface area contributed by atoms with Crippen molar-refractivity contribution < 1.29 is 13.2 Å². The summed E-state index contributed by atoms with van der Waals surface area (Å²) in [6, 6.07) is 19.0. The van der Waals surface area contributed by atoms with E-state index >= 15 is 0 Å². The third-order valence-electron chi connectivity index (χ3n) is 4.19. The molecule has 0 aliphatic rings. The molecule has 2 heterocycles. The van der Waals surface area contributed by atoms with Gasteiger partial charge in [0.2, 0.25) is 0 Å². The van der Waals surface area contributed by atoms with Crippen LogP contribution in [0.3, 0.4) is 0 Å². The third-order valence-corrected chi connectivity index (χ3v) is 4.19. The van der Waals surface area contributed by atoms with E-state index in [9.17, 15) is 13.2 Å². The monoisotopic (exact) mass is 353 g/mol. The average molecular weight is 353 g/mol. The standard InChI is InChI=1S/C20H14F3N3/c1-13-18-16(20(21,22)23)12-17(14-8-4-2-5-9-14)24-19(18)26(25-13)15-10-6-3-7-11-15/h2-12H,1H3. The molecule has 0 saturated carbocycles. The predicted octanol–water partition coefficient (Wildman–Crippen LogP) is 5.41. The molecular formula is C20H14F3N3. The maximum Gasteiger partial charge on any atom is 0.417 e. The molecule has 0 aliphatic carbocycles. The lowest BCUT2D eigenvalue weighted by Crippen LogP contribution is -2.08. The number of benzene rings is 2. The predicted molar refractivity (Wildman–Crippen MR) is 94.0 cm³/mol. The van der Waals surface area contributed by atoms with Crippen LogP contribution in [-0.2, 0) is 6.18 Å². The van der Waals surface area contributed by atoms with Crippen LogP contribution in [0.5, 0.6) is 0 Å². The van der Waals surface area contributed by atoms with Crippen molar-refractivity contribution in [1.29, 1.82) is 0 Å². The van der Waals surface area contributed by atoms with Crippen LogP contribution >= 0.6 is 0 Å². The second-order valence-corrected chi connectivity index (χ2v) is 5.95. The fourth-order valence-electron chi connectivity index (χ4n) is 3.02. The number of halogens is 3. The summed E-state index contributed by atoms with van der Waals surface area (Å²) < 4.78 is 42.7. The molecule has 0 bridgehead atoms. The summed E-state index contributed by atoms with van der Waals surface area (Å²) in [5.41, 5.74) is 1.32. The van der Waals surface area contributed by atoms with Crippen LogP contribution < -0.4 is 0 Å². The summed E-state index contributed by atoms with van der Waals surface area (Å²) in [6.07, 6.45) is -4.50. The van der Waals surface area contributed by atoms with Gasteiger partial charge >= 0.3 is 6.18 Å². The van der Waals surface area contributed by atoms with E-state index in [1.54, 1.807) is 43.3 Å². The molecule has 6 heteroatoms. The van der Waals surface area contributed by atoms with E-state index in [1.165, 1.54) is 4.68 Å². The Balaban J connectivity index is 2.08. The minimum absolute atomic E-state index is 0.0287. The van der Waals surface area contributed by atoms with Crippen LogP contribution in [0.1, 0.15) is 11.3 Å². The van der Waals surface area contributed by atoms with Crippen LogP contribution in [0.2, 0.25) is 0 Å². The number of hydrogen-bond acceptors (Lipinski definition) is 2. The van der Waals surface area contributed by atoms with Crippen molar-refractivity contribution in [2.45, 2.75) is 13.1 Å². The van der Waals surface area contributed by atoms with Gasteiger partial charge in [-0.3, -0.25) is 0 Å². The molecule has 4 aromatic rings. The highest BCUT2D eigenvalue weighted by atomic mass is 19.4. The zero-order valence-corrected chi connectivity index (χ0v) is 13.8. The van der Waals surface area contributed by atoms with Gasteiger partial charge in [0.15, 0.2) is 5.65 Å². The van der Waals surface area contributed by atoms with E-state index in [0.717, 1.165) is 6.07 Å². The summed E-state index contributed by atoms with van der Waals surface area (Å²) >= 11 is 0. The van der Waals surface area contributed by atoms with Gasteiger partial charge in [0.1, 0.15) is 0 Å². The Morgan fingerprint density at radius 3 is 2.12 bits per heavy atom. The summed E-state index contributed by atoms with van der Waals surface area (Å²) in [5, 5.41) is 4.35. The average Bonchev–Trinajstić information content (AvgIpc) is 2.98. The summed E-state index contributed by atoms with van der Waals surface area (Å²) in [5.74, 6) is 0. The SMILES string of the molecule is Cc1nn(-c2ccccc2)c2nc(-c3ccccc3)cc(C(F)(F)F)c12. The van der Waals surface area contributed by atoms with Gasteiger partial charge in [0.05, 0.1) is 28.0 Å². The topological polar surface area (TPSA) is 30.7 Å². The maximum absolute atomic E-state index is 13.7. The molecule has 0 atom stereocenters. The summed E-state index contributed by atoms with van der Waals surface area (Å²) in [7, 11) is 0. The fourth-order valence-corrected chi connectivity index (χ4v) is 3.02. The molecule has 26 heavy (non-hydrogen) atoms. The second kappa shape index (κ2) is 5.98. The maximum atomic E-state index is 13.7. The number of fused-ring (bicyclic) bond motifs is 1. The van der Waals surface area contributed by atoms with Gasteiger partial charge in [-0.05, 0) is 25.1 Å². The van der Waals surface area contributed by atoms with Crippen LogP contribution in [0.4, 0.5) is 13.2 Å². The summed E-state index contributed by atoms with van der Waals surface area (Å²) in [6.45, 7) is 1.57. The molecule has 2 aromatic carbocycles. The molecule has 0 aliphatic heterocycles. The number of nitrogens with zero attached hydrogens (tertiary/aromatic N) is 3. The number of hydrogen-bond donors (Lipinski definition) is 0. The number of aryl methyl sites for hydroxylation is 1. The first-order chi connectivity index (χ1) is 12.4. The van der Waals surface area contributed by atoms with Crippen molar-refractivity contribution in [3.05, 3.63) is 78.0 Å². The van der Waals surface area contributed by atoms with Gasteiger partial charge in [0, 0.05) is 5.56 Å². The Bertz CT molecular complexity index is 1070. The van der Waals surface area contributed by atoms with Crippen molar-refractivity contribution in [2.24, 2.45) is 0 Å². The van der Waals surface area contributed by atoms with E-state index in [0.29, 0.717) is 16.9 Å². The number of pyridine rings is 1. The largest absolute Gasteiger partial charge is 0.417 e. The highest BCUT2D eigenvalue weighted by molar-refractivity contribution is 5.86. The summed E-state index contributed by atoms with van der Waals surface area (Å²) in [4.78, 5) is 4.52. The molecular weight excluding hydrogens is 339 g/mol. The number of para-hydroxylation sites is 1. The van der Waals surface area contributed by atoms with Crippen molar-refractivity contribution in [3.63, 3.8) is 0 Å². The van der Waals surface area contributed by atoms with Crippen molar-refractivity contribution in [1.82, 2.24) is 14.8 Å². The number of aromatic nitrogens is 3. The van der Waals surface area contributed by atoms with E-state index in [4.69, 9.17) is 0 Å². The van der Waals surface area contributed by atoms with Crippen molar-refractivity contribution in [2.75, 3.05) is 0 Å². The highest BCUT2D eigenvalue weighted by Crippen LogP contribution is 2.38. The Labute approximate surface area is 147 Å². The number of rotatable bonds is 2. The fraction of sp³-hybridized carbons (Fsp3) is 0.100. The molecule has 2 aromatic heterocycles.